The van der Waals surface area contributed by atoms with Crippen LogP contribution < -0.4 is 0 Å². The molecule has 0 radical (unpaired) electrons. The van der Waals surface area contributed by atoms with Gasteiger partial charge >= 0.3 is 0 Å². The summed E-state index contributed by atoms with van der Waals surface area (Å²) in [7, 11) is -3.68. The molecule has 98 valence electrons. The molecule has 0 saturated carbocycles. The van der Waals surface area contributed by atoms with Crippen molar-refractivity contribution in [3.05, 3.63) is 35.9 Å². The van der Waals surface area contributed by atoms with Gasteiger partial charge in [-0.3, -0.25) is 0 Å². The second kappa shape index (κ2) is 5.51. The summed E-state index contributed by atoms with van der Waals surface area (Å²) in [5.74, 6) is -0.238. The van der Waals surface area contributed by atoms with Gasteiger partial charge in [0.2, 0.25) is 0 Å². The molecule has 0 aliphatic rings. The van der Waals surface area contributed by atoms with Gasteiger partial charge in [-0.1, -0.05) is 44.2 Å². The van der Waals surface area contributed by atoms with Crippen molar-refractivity contribution in [3.8, 4) is 6.07 Å². The molecule has 0 unspecified atom stereocenters. The summed E-state index contributed by atoms with van der Waals surface area (Å²) in [6.07, 6.45) is 1.21. The van der Waals surface area contributed by atoms with E-state index in [1.54, 1.807) is 13.8 Å². The Labute approximate surface area is 108 Å². The average molecular weight is 267 g/mol. The third-order valence-electron chi connectivity index (χ3n) is 2.73. The van der Waals surface area contributed by atoms with Gasteiger partial charge in [0, 0.05) is 6.42 Å². The van der Waals surface area contributed by atoms with E-state index >= 15 is 0 Å². The molecular weight excluding hydrogens is 250 g/mol. The van der Waals surface area contributed by atoms with Gasteiger partial charge in [0.05, 0.1) is 12.3 Å². The van der Waals surface area contributed by atoms with Crippen molar-refractivity contribution in [3.63, 3.8) is 0 Å². The van der Waals surface area contributed by atoms with E-state index in [-0.39, 0.29) is 12.3 Å². The van der Waals surface area contributed by atoms with Crippen LogP contribution in [0, 0.1) is 17.2 Å². The summed E-state index contributed by atoms with van der Waals surface area (Å²) in [5, 5.41) is 9.33. The Morgan fingerprint density at radius 2 is 1.89 bits per heavy atom. The Balaban J connectivity index is 3.10. The van der Waals surface area contributed by atoms with E-state index < -0.39 is 15.7 Å². The van der Waals surface area contributed by atoms with Crippen LogP contribution in [0.2, 0.25) is 0 Å². The molecule has 0 saturated heterocycles. The summed E-state index contributed by atoms with van der Waals surface area (Å²) < 4.78 is 27.7. The zero-order chi connectivity index (χ0) is 13.8. The van der Waals surface area contributed by atoms with Crippen molar-refractivity contribution >= 4 is 10.1 Å². The van der Waals surface area contributed by atoms with Crippen LogP contribution in [-0.4, -0.2) is 20.3 Å². The van der Waals surface area contributed by atoms with Crippen molar-refractivity contribution in [2.45, 2.75) is 25.9 Å². The molecule has 1 aromatic carbocycles. The fourth-order valence-corrected chi connectivity index (χ4v) is 2.52. The maximum Gasteiger partial charge on any atom is 0.265 e. The van der Waals surface area contributed by atoms with Crippen molar-refractivity contribution in [1.82, 2.24) is 0 Å². The molecule has 1 rings (SSSR count). The standard InChI is InChI=1S/C13H17NO3S/c1-11(2)13(10-14,17-18(3,15)16)9-12-7-5-4-6-8-12/h4-8,11H,9H2,1-3H3/t13-/m0/s1. The number of nitrogens with zero attached hydrogens (tertiary/aromatic N) is 1. The molecule has 0 amide bonds. The van der Waals surface area contributed by atoms with Crippen LogP contribution in [0.15, 0.2) is 30.3 Å². The summed E-state index contributed by atoms with van der Waals surface area (Å²) in [6.45, 7) is 3.55. The number of hydrogen-bond donors (Lipinski definition) is 0. The molecule has 0 aliphatic heterocycles. The van der Waals surface area contributed by atoms with Crippen molar-refractivity contribution in [2.24, 2.45) is 5.92 Å². The fourth-order valence-electron chi connectivity index (χ4n) is 1.69. The SMILES string of the molecule is CC(C)[C@@](C#N)(Cc1ccccc1)OS(C)(=O)=O. The topological polar surface area (TPSA) is 67.2 Å². The predicted molar refractivity (Wildman–Crippen MR) is 69.3 cm³/mol. The van der Waals surface area contributed by atoms with Crippen LogP contribution in [0.25, 0.3) is 0 Å². The van der Waals surface area contributed by atoms with E-state index in [9.17, 15) is 13.7 Å². The van der Waals surface area contributed by atoms with Gasteiger partial charge in [0.15, 0.2) is 5.60 Å². The minimum absolute atomic E-state index is 0.238. The van der Waals surface area contributed by atoms with Gasteiger partial charge in [0.1, 0.15) is 0 Å². The Morgan fingerprint density at radius 1 is 1.33 bits per heavy atom. The predicted octanol–water partition coefficient (Wildman–Crippen LogP) is 2.12. The van der Waals surface area contributed by atoms with Gasteiger partial charge in [-0.25, -0.2) is 4.18 Å². The molecule has 18 heavy (non-hydrogen) atoms. The summed E-state index contributed by atoms with van der Waals surface area (Å²) in [5.41, 5.74) is -0.481. The van der Waals surface area contributed by atoms with Gasteiger partial charge in [-0.2, -0.15) is 13.7 Å². The lowest BCUT2D eigenvalue weighted by Gasteiger charge is -2.29. The first kappa shape index (κ1) is 14.7. The molecule has 0 spiro atoms. The first-order valence-electron chi connectivity index (χ1n) is 5.65. The minimum atomic E-state index is -3.68. The maximum absolute atomic E-state index is 11.3. The number of rotatable bonds is 5. The lowest BCUT2D eigenvalue weighted by atomic mass is 9.86. The highest BCUT2D eigenvalue weighted by atomic mass is 32.2. The van der Waals surface area contributed by atoms with Crippen LogP contribution >= 0.6 is 0 Å². The largest absolute Gasteiger partial charge is 0.265 e. The smallest absolute Gasteiger partial charge is 0.248 e. The van der Waals surface area contributed by atoms with E-state index in [0.717, 1.165) is 11.8 Å². The van der Waals surface area contributed by atoms with Crippen LogP contribution in [-0.2, 0) is 20.7 Å². The van der Waals surface area contributed by atoms with E-state index in [4.69, 9.17) is 4.18 Å². The lowest BCUT2D eigenvalue weighted by molar-refractivity contribution is 0.0872. The summed E-state index contributed by atoms with van der Waals surface area (Å²) in [4.78, 5) is 0. The molecule has 0 fully saturated rings. The molecule has 4 nitrogen and oxygen atoms in total. The quantitative estimate of drug-likeness (QED) is 0.766. The molecule has 0 aliphatic carbocycles. The molecule has 0 bridgehead atoms. The molecule has 0 N–H and O–H groups in total. The van der Waals surface area contributed by atoms with E-state index in [1.807, 2.05) is 36.4 Å². The molecule has 0 heterocycles. The number of benzene rings is 1. The number of hydrogen-bond acceptors (Lipinski definition) is 4. The second-order valence-corrected chi connectivity index (χ2v) is 6.18. The maximum atomic E-state index is 11.3. The highest BCUT2D eigenvalue weighted by Gasteiger charge is 2.39. The van der Waals surface area contributed by atoms with Crippen molar-refractivity contribution < 1.29 is 12.6 Å². The van der Waals surface area contributed by atoms with Gasteiger partial charge in [-0.05, 0) is 11.5 Å². The summed E-state index contributed by atoms with van der Waals surface area (Å²) in [6, 6.07) is 11.3. The Bertz CT molecular complexity index is 531. The van der Waals surface area contributed by atoms with Crippen LogP contribution in [0.3, 0.4) is 0 Å². The Hall–Kier alpha value is -1.38. The highest BCUT2D eigenvalue weighted by Crippen LogP contribution is 2.27. The van der Waals surface area contributed by atoms with Gasteiger partial charge in [0.25, 0.3) is 10.1 Å². The lowest BCUT2D eigenvalue weighted by Crippen LogP contribution is -2.41. The third kappa shape index (κ3) is 3.83. The van der Waals surface area contributed by atoms with Crippen molar-refractivity contribution in [2.75, 3.05) is 6.26 Å². The average Bonchev–Trinajstić information content (AvgIpc) is 2.27. The molecular formula is C13H17NO3S. The van der Waals surface area contributed by atoms with E-state index in [1.165, 1.54) is 0 Å². The molecule has 0 aromatic heterocycles. The zero-order valence-corrected chi connectivity index (χ0v) is 11.6. The van der Waals surface area contributed by atoms with Crippen LogP contribution in [0.5, 0.6) is 0 Å². The normalized spacial score (nSPS) is 15.1. The van der Waals surface area contributed by atoms with E-state index in [2.05, 4.69) is 0 Å². The highest BCUT2D eigenvalue weighted by molar-refractivity contribution is 7.86. The Kier molecular flexibility index (Phi) is 4.49. The molecule has 1 aromatic rings. The molecule has 5 heteroatoms. The van der Waals surface area contributed by atoms with Gasteiger partial charge < -0.3 is 0 Å². The van der Waals surface area contributed by atoms with E-state index in [0.29, 0.717) is 0 Å². The zero-order valence-electron chi connectivity index (χ0n) is 10.8. The molecule has 1 atom stereocenters. The van der Waals surface area contributed by atoms with Crippen LogP contribution in [0.4, 0.5) is 0 Å². The van der Waals surface area contributed by atoms with Gasteiger partial charge in [-0.15, -0.1) is 0 Å². The Morgan fingerprint density at radius 3 is 2.28 bits per heavy atom. The van der Waals surface area contributed by atoms with Crippen molar-refractivity contribution in [1.29, 1.82) is 5.26 Å². The third-order valence-corrected chi connectivity index (χ3v) is 3.33. The fraction of sp³-hybridized carbons (Fsp3) is 0.462. The first-order valence-corrected chi connectivity index (χ1v) is 7.46. The number of nitriles is 1. The first-order chi connectivity index (χ1) is 8.29. The summed E-state index contributed by atoms with van der Waals surface area (Å²) >= 11 is 0. The second-order valence-electron chi connectivity index (χ2n) is 4.61. The monoisotopic (exact) mass is 267 g/mol. The minimum Gasteiger partial charge on any atom is -0.248 e. The van der Waals surface area contributed by atoms with Crippen LogP contribution in [0.1, 0.15) is 19.4 Å².